The average molecular weight is 156 g/mol. The SMILES string of the molecule is C=C(C)NCCCC(N)C=O. The van der Waals surface area contributed by atoms with E-state index in [1.165, 1.54) is 0 Å². The Bertz CT molecular complexity index is 134. The summed E-state index contributed by atoms with van der Waals surface area (Å²) in [5.74, 6) is 0. The molecule has 64 valence electrons. The van der Waals surface area contributed by atoms with Crippen LogP contribution in [-0.4, -0.2) is 18.9 Å². The summed E-state index contributed by atoms with van der Waals surface area (Å²) in [7, 11) is 0. The van der Waals surface area contributed by atoms with Gasteiger partial charge in [0.25, 0.3) is 0 Å². The molecule has 0 aromatic rings. The van der Waals surface area contributed by atoms with Crippen molar-refractivity contribution in [3.63, 3.8) is 0 Å². The third-order valence-corrected chi connectivity index (χ3v) is 1.32. The summed E-state index contributed by atoms with van der Waals surface area (Å²) in [6.45, 7) is 6.43. The topological polar surface area (TPSA) is 55.1 Å². The Hall–Kier alpha value is -0.830. The molecule has 0 aliphatic heterocycles. The van der Waals surface area contributed by atoms with E-state index < -0.39 is 0 Å². The molecule has 3 heteroatoms. The van der Waals surface area contributed by atoms with Gasteiger partial charge in [0.05, 0.1) is 6.04 Å². The van der Waals surface area contributed by atoms with Crippen molar-refractivity contribution < 1.29 is 4.79 Å². The molecular weight excluding hydrogens is 140 g/mol. The lowest BCUT2D eigenvalue weighted by Gasteiger charge is -2.05. The highest BCUT2D eigenvalue weighted by molar-refractivity contribution is 5.56. The Balaban J connectivity index is 3.14. The van der Waals surface area contributed by atoms with E-state index in [1.54, 1.807) is 0 Å². The van der Waals surface area contributed by atoms with Crippen molar-refractivity contribution in [3.8, 4) is 0 Å². The molecule has 0 aliphatic carbocycles. The number of aldehydes is 1. The van der Waals surface area contributed by atoms with Crippen LogP contribution in [0.2, 0.25) is 0 Å². The van der Waals surface area contributed by atoms with Gasteiger partial charge in [0.15, 0.2) is 0 Å². The summed E-state index contributed by atoms with van der Waals surface area (Å²) in [4.78, 5) is 10.1. The first-order valence-electron chi connectivity index (χ1n) is 3.77. The smallest absolute Gasteiger partial charge is 0.136 e. The summed E-state index contributed by atoms with van der Waals surface area (Å²) in [6, 6.07) is -0.304. The van der Waals surface area contributed by atoms with Gasteiger partial charge in [-0.15, -0.1) is 0 Å². The highest BCUT2D eigenvalue weighted by Gasteiger charge is 1.97. The summed E-state index contributed by atoms with van der Waals surface area (Å²) >= 11 is 0. The van der Waals surface area contributed by atoms with Gasteiger partial charge in [0, 0.05) is 12.2 Å². The van der Waals surface area contributed by atoms with Crippen molar-refractivity contribution >= 4 is 6.29 Å². The van der Waals surface area contributed by atoms with Crippen LogP contribution in [0.15, 0.2) is 12.3 Å². The number of hydrogen-bond acceptors (Lipinski definition) is 3. The molecular formula is C8H16N2O. The van der Waals surface area contributed by atoms with Gasteiger partial charge in [-0.3, -0.25) is 0 Å². The number of nitrogens with two attached hydrogens (primary N) is 1. The molecule has 0 saturated carbocycles. The van der Waals surface area contributed by atoms with Gasteiger partial charge in [-0.2, -0.15) is 0 Å². The lowest BCUT2D eigenvalue weighted by atomic mass is 10.2. The molecule has 0 rings (SSSR count). The first-order chi connectivity index (χ1) is 5.16. The van der Waals surface area contributed by atoms with Crippen molar-refractivity contribution in [2.24, 2.45) is 5.73 Å². The molecule has 1 atom stereocenters. The van der Waals surface area contributed by atoms with E-state index in [9.17, 15) is 4.79 Å². The summed E-state index contributed by atoms with van der Waals surface area (Å²) in [5, 5.41) is 3.06. The molecule has 0 aliphatic rings. The number of allylic oxidation sites excluding steroid dienone is 1. The molecule has 0 radical (unpaired) electrons. The van der Waals surface area contributed by atoms with E-state index in [1.807, 2.05) is 6.92 Å². The minimum absolute atomic E-state index is 0.304. The number of nitrogens with one attached hydrogen (secondary N) is 1. The van der Waals surface area contributed by atoms with Gasteiger partial charge in [-0.25, -0.2) is 0 Å². The average Bonchev–Trinajstić information content (AvgIpc) is 1.97. The zero-order valence-corrected chi connectivity index (χ0v) is 6.97. The maximum atomic E-state index is 10.1. The lowest BCUT2D eigenvalue weighted by Crippen LogP contribution is -2.23. The normalized spacial score (nSPS) is 12.2. The molecule has 0 fully saturated rings. The highest BCUT2D eigenvalue weighted by atomic mass is 16.1. The van der Waals surface area contributed by atoms with Crippen molar-refractivity contribution in [2.45, 2.75) is 25.8 Å². The maximum Gasteiger partial charge on any atom is 0.136 e. The number of hydrogen-bond donors (Lipinski definition) is 2. The van der Waals surface area contributed by atoms with Crippen LogP contribution in [0.5, 0.6) is 0 Å². The molecule has 11 heavy (non-hydrogen) atoms. The predicted octanol–water partition coefficient (Wildman–Crippen LogP) is 0.416. The van der Waals surface area contributed by atoms with Crippen LogP contribution < -0.4 is 11.1 Å². The summed E-state index contributed by atoms with van der Waals surface area (Å²) in [6.07, 6.45) is 2.43. The van der Waals surface area contributed by atoms with E-state index in [0.717, 1.165) is 31.4 Å². The minimum atomic E-state index is -0.304. The Kier molecular flexibility index (Phi) is 5.47. The number of carbonyl (C=O) groups is 1. The standard InChI is InChI=1S/C8H16N2O/c1-7(2)10-5-3-4-8(9)6-11/h6,8,10H,1,3-5,9H2,2H3. The van der Waals surface area contributed by atoms with Crippen LogP contribution in [0.25, 0.3) is 0 Å². The van der Waals surface area contributed by atoms with Crippen molar-refractivity contribution in [3.05, 3.63) is 12.3 Å². The fraction of sp³-hybridized carbons (Fsp3) is 0.625. The predicted molar refractivity (Wildman–Crippen MR) is 46.1 cm³/mol. The molecule has 0 amide bonds. The molecule has 3 N–H and O–H groups in total. The minimum Gasteiger partial charge on any atom is -0.389 e. The van der Waals surface area contributed by atoms with E-state index in [2.05, 4.69) is 11.9 Å². The van der Waals surface area contributed by atoms with Crippen molar-refractivity contribution in [1.82, 2.24) is 5.32 Å². The molecule has 0 bridgehead atoms. The second kappa shape index (κ2) is 5.92. The van der Waals surface area contributed by atoms with Crippen LogP contribution in [0.1, 0.15) is 19.8 Å². The van der Waals surface area contributed by atoms with Gasteiger partial charge < -0.3 is 15.8 Å². The Morgan fingerprint density at radius 2 is 2.45 bits per heavy atom. The third-order valence-electron chi connectivity index (χ3n) is 1.32. The van der Waals surface area contributed by atoms with Crippen LogP contribution in [-0.2, 0) is 4.79 Å². The summed E-state index contributed by atoms with van der Waals surface area (Å²) in [5.41, 5.74) is 6.32. The van der Waals surface area contributed by atoms with Gasteiger partial charge in [0.2, 0.25) is 0 Å². The van der Waals surface area contributed by atoms with Crippen LogP contribution in [0, 0.1) is 0 Å². The van der Waals surface area contributed by atoms with Gasteiger partial charge in [-0.1, -0.05) is 6.58 Å². The van der Waals surface area contributed by atoms with Crippen LogP contribution in [0.3, 0.4) is 0 Å². The Morgan fingerprint density at radius 1 is 1.82 bits per heavy atom. The second-order valence-corrected chi connectivity index (χ2v) is 2.65. The third kappa shape index (κ3) is 7.06. The molecule has 1 unspecified atom stereocenters. The maximum absolute atomic E-state index is 10.1. The monoisotopic (exact) mass is 156 g/mol. The first kappa shape index (κ1) is 10.2. The second-order valence-electron chi connectivity index (χ2n) is 2.65. The van der Waals surface area contributed by atoms with Gasteiger partial charge in [0.1, 0.15) is 6.29 Å². The zero-order chi connectivity index (χ0) is 8.69. The lowest BCUT2D eigenvalue weighted by molar-refractivity contribution is -0.109. The number of rotatable bonds is 6. The molecule has 0 aromatic carbocycles. The fourth-order valence-corrected chi connectivity index (χ4v) is 0.708. The van der Waals surface area contributed by atoms with Gasteiger partial charge in [-0.05, 0) is 19.8 Å². The summed E-state index contributed by atoms with van der Waals surface area (Å²) < 4.78 is 0. The van der Waals surface area contributed by atoms with E-state index >= 15 is 0 Å². The first-order valence-corrected chi connectivity index (χ1v) is 3.77. The van der Waals surface area contributed by atoms with Crippen LogP contribution >= 0.6 is 0 Å². The molecule has 0 saturated heterocycles. The van der Waals surface area contributed by atoms with Crippen LogP contribution in [0.4, 0.5) is 0 Å². The zero-order valence-electron chi connectivity index (χ0n) is 6.97. The number of carbonyl (C=O) groups excluding carboxylic acids is 1. The Morgan fingerprint density at radius 3 is 2.91 bits per heavy atom. The van der Waals surface area contributed by atoms with Gasteiger partial charge >= 0.3 is 0 Å². The Labute approximate surface area is 67.7 Å². The largest absolute Gasteiger partial charge is 0.389 e. The fourth-order valence-electron chi connectivity index (χ4n) is 0.708. The molecule has 3 nitrogen and oxygen atoms in total. The highest BCUT2D eigenvalue weighted by Crippen LogP contribution is 1.90. The van der Waals surface area contributed by atoms with Crippen molar-refractivity contribution in [1.29, 1.82) is 0 Å². The van der Waals surface area contributed by atoms with E-state index in [4.69, 9.17) is 5.73 Å². The quantitative estimate of drug-likeness (QED) is 0.433. The van der Waals surface area contributed by atoms with Crippen molar-refractivity contribution in [2.75, 3.05) is 6.54 Å². The molecule has 0 heterocycles. The molecule has 0 aromatic heterocycles. The van der Waals surface area contributed by atoms with E-state index in [0.29, 0.717) is 0 Å². The van der Waals surface area contributed by atoms with E-state index in [-0.39, 0.29) is 6.04 Å². The molecule has 0 spiro atoms.